The van der Waals surface area contributed by atoms with Crippen molar-refractivity contribution in [3.8, 4) is 5.75 Å². The first-order chi connectivity index (χ1) is 11.8. The molecule has 0 aliphatic rings. The van der Waals surface area contributed by atoms with Gasteiger partial charge in [0, 0.05) is 29.0 Å². The highest BCUT2D eigenvalue weighted by atomic mass is 35.5. The van der Waals surface area contributed by atoms with E-state index in [1.165, 1.54) is 0 Å². The Hall–Kier alpha value is -1.72. The minimum absolute atomic E-state index is 0.0715. The average molecular weight is 366 g/mol. The number of benzene rings is 1. The van der Waals surface area contributed by atoms with Gasteiger partial charge in [0.15, 0.2) is 0 Å². The Bertz CT molecular complexity index is 742. The molecule has 1 amide bonds. The van der Waals surface area contributed by atoms with Crippen LogP contribution in [-0.2, 0) is 0 Å². The van der Waals surface area contributed by atoms with Crippen LogP contribution in [-0.4, -0.2) is 40.7 Å². The molecule has 0 fully saturated rings. The van der Waals surface area contributed by atoms with Gasteiger partial charge in [-0.2, -0.15) is 0 Å². The van der Waals surface area contributed by atoms with Crippen molar-refractivity contribution >= 4 is 28.5 Å². The second kappa shape index (κ2) is 8.11. The molecule has 0 saturated heterocycles. The highest BCUT2D eigenvalue weighted by molar-refractivity contribution is 6.31. The molecule has 0 radical (unpaired) electrons. The molecular weight excluding hydrogens is 338 g/mol. The zero-order valence-electron chi connectivity index (χ0n) is 15.6. The van der Waals surface area contributed by atoms with Crippen molar-refractivity contribution in [2.45, 2.75) is 46.7 Å². The summed E-state index contributed by atoms with van der Waals surface area (Å²) in [5.74, 6) is 0.946. The summed E-state index contributed by atoms with van der Waals surface area (Å²) >= 11 is 6.12. The summed E-state index contributed by atoms with van der Waals surface area (Å²) in [5.41, 5.74) is 7.07. The van der Waals surface area contributed by atoms with Crippen LogP contribution in [0.1, 0.15) is 34.6 Å². The Labute approximate surface area is 154 Å². The molecular formula is C19H28ClN3O2. The Balaban J connectivity index is 2.47. The fraction of sp³-hybridized carbons (Fsp3) is 0.526. The molecule has 1 aromatic carbocycles. The minimum Gasteiger partial charge on any atom is -0.492 e. The van der Waals surface area contributed by atoms with Crippen LogP contribution in [0.15, 0.2) is 24.4 Å². The number of likely N-dealkylation sites (N-methyl/N-ethyl adjacent to an activating group) is 1. The van der Waals surface area contributed by atoms with Gasteiger partial charge in [0.2, 0.25) is 0 Å². The predicted molar refractivity (Wildman–Crippen MR) is 104 cm³/mol. The number of fused-ring (bicyclic) bond motifs is 1. The van der Waals surface area contributed by atoms with Gasteiger partial charge in [-0.25, -0.2) is 4.79 Å². The van der Waals surface area contributed by atoms with Crippen molar-refractivity contribution in [3.05, 3.63) is 29.4 Å². The van der Waals surface area contributed by atoms with E-state index in [1.54, 1.807) is 21.7 Å². The second-order valence-electron chi connectivity index (χ2n) is 6.59. The van der Waals surface area contributed by atoms with Crippen LogP contribution < -0.4 is 10.5 Å². The van der Waals surface area contributed by atoms with Crippen LogP contribution in [0.4, 0.5) is 4.79 Å². The number of nitrogens with two attached hydrogens (primary N) is 1. The van der Waals surface area contributed by atoms with Crippen molar-refractivity contribution in [2.75, 3.05) is 13.2 Å². The summed E-state index contributed by atoms with van der Waals surface area (Å²) < 4.78 is 7.32. The van der Waals surface area contributed by atoms with Gasteiger partial charge in [-0.05, 0) is 44.9 Å². The van der Waals surface area contributed by atoms with Crippen molar-refractivity contribution in [1.82, 2.24) is 9.47 Å². The normalized spacial score (nSPS) is 13.9. The van der Waals surface area contributed by atoms with Crippen LogP contribution in [0, 0.1) is 5.92 Å². The molecule has 2 atom stereocenters. The Morgan fingerprint density at radius 2 is 2.00 bits per heavy atom. The van der Waals surface area contributed by atoms with E-state index in [2.05, 4.69) is 13.8 Å². The third-order valence-electron chi connectivity index (χ3n) is 4.64. The number of hydrogen-bond donors (Lipinski definition) is 1. The van der Waals surface area contributed by atoms with E-state index in [4.69, 9.17) is 22.1 Å². The molecule has 25 heavy (non-hydrogen) atoms. The van der Waals surface area contributed by atoms with Crippen molar-refractivity contribution in [1.29, 1.82) is 0 Å². The summed E-state index contributed by atoms with van der Waals surface area (Å²) in [4.78, 5) is 15.0. The average Bonchev–Trinajstić information content (AvgIpc) is 2.92. The number of ether oxygens (including phenoxy) is 1. The van der Waals surface area contributed by atoms with Crippen LogP contribution in [0.5, 0.6) is 5.75 Å². The molecule has 1 heterocycles. The summed E-state index contributed by atoms with van der Waals surface area (Å²) in [5, 5.41) is 1.45. The molecule has 1 aromatic heterocycles. The number of amides is 1. The molecule has 2 aromatic rings. The highest BCUT2D eigenvalue weighted by Crippen LogP contribution is 2.31. The van der Waals surface area contributed by atoms with Gasteiger partial charge in [0.25, 0.3) is 0 Å². The lowest BCUT2D eigenvalue weighted by Gasteiger charge is -2.34. The topological polar surface area (TPSA) is 60.5 Å². The molecule has 0 aliphatic carbocycles. The fourth-order valence-corrected chi connectivity index (χ4v) is 3.27. The lowest BCUT2D eigenvalue weighted by Crippen LogP contribution is -2.51. The maximum Gasteiger partial charge on any atom is 0.329 e. The Kier molecular flexibility index (Phi) is 6.36. The van der Waals surface area contributed by atoms with E-state index < -0.39 is 0 Å². The quantitative estimate of drug-likeness (QED) is 0.827. The van der Waals surface area contributed by atoms with Gasteiger partial charge in [0.1, 0.15) is 5.75 Å². The number of carbonyl (C=O) groups excluding carboxylic acids is 1. The van der Waals surface area contributed by atoms with Gasteiger partial charge in [-0.3, -0.25) is 4.57 Å². The van der Waals surface area contributed by atoms with Gasteiger partial charge in [0.05, 0.1) is 18.3 Å². The Morgan fingerprint density at radius 1 is 1.32 bits per heavy atom. The van der Waals surface area contributed by atoms with Gasteiger partial charge in [-0.1, -0.05) is 25.4 Å². The minimum atomic E-state index is -0.107. The molecule has 5 nitrogen and oxygen atoms in total. The lowest BCUT2D eigenvalue weighted by molar-refractivity contribution is 0.167. The van der Waals surface area contributed by atoms with Gasteiger partial charge in [-0.15, -0.1) is 0 Å². The van der Waals surface area contributed by atoms with Crippen molar-refractivity contribution < 1.29 is 9.53 Å². The first-order valence-electron chi connectivity index (χ1n) is 8.81. The number of hydrogen-bond acceptors (Lipinski definition) is 3. The number of carbonyl (C=O) groups is 1. The van der Waals surface area contributed by atoms with Crippen LogP contribution in [0.2, 0.25) is 5.02 Å². The summed E-state index contributed by atoms with van der Waals surface area (Å²) in [6, 6.07) is 5.18. The molecule has 138 valence electrons. The zero-order chi connectivity index (χ0) is 18.7. The van der Waals surface area contributed by atoms with E-state index in [1.807, 2.05) is 32.9 Å². The third-order valence-corrected chi connectivity index (χ3v) is 4.88. The van der Waals surface area contributed by atoms with E-state index in [-0.39, 0.29) is 24.0 Å². The van der Waals surface area contributed by atoms with Gasteiger partial charge >= 0.3 is 6.03 Å². The van der Waals surface area contributed by atoms with E-state index in [0.717, 1.165) is 10.9 Å². The van der Waals surface area contributed by atoms with E-state index >= 15 is 0 Å². The molecule has 0 bridgehead atoms. The lowest BCUT2D eigenvalue weighted by atomic mass is 9.97. The molecule has 6 heteroatoms. The molecule has 2 N–H and O–H groups in total. The number of rotatable bonds is 6. The zero-order valence-corrected chi connectivity index (χ0v) is 16.4. The standard InChI is InChI=1S/C19H28ClN3O2/c1-6-22(13(5)18(21)12(3)4)19(24)23-11-17(25-7-2)15-10-14(20)8-9-16(15)23/h8-13,18H,6-7,21H2,1-5H3. The van der Waals surface area contributed by atoms with E-state index in [0.29, 0.717) is 23.9 Å². The van der Waals surface area contributed by atoms with Crippen molar-refractivity contribution in [2.24, 2.45) is 11.7 Å². The number of nitrogens with zero attached hydrogens (tertiary/aromatic N) is 2. The first-order valence-corrected chi connectivity index (χ1v) is 9.19. The van der Waals surface area contributed by atoms with Gasteiger partial charge < -0.3 is 15.4 Å². The van der Waals surface area contributed by atoms with Crippen molar-refractivity contribution in [3.63, 3.8) is 0 Å². The SMILES string of the molecule is CCOc1cn(C(=O)N(CC)C(C)C(N)C(C)C)c2ccc(Cl)cc12. The summed E-state index contributed by atoms with van der Waals surface area (Å²) in [7, 11) is 0. The van der Waals surface area contributed by atoms with E-state index in [9.17, 15) is 4.79 Å². The largest absolute Gasteiger partial charge is 0.492 e. The highest BCUT2D eigenvalue weighted by Gasteiger charge is 2.28. The molecule has 0 aliphatic heterocycles. The Morgan fingerprint density at radius 3 is 2.56 bits per heavy atom. The number of aromatic nitrogens is 1. The van der Waals surface area contributed by atoms with Crippen LogP contribution in [0.25, 0.3) is 10.9 Å². The maximum atomic E-state index is 13.2. The third kappa shape index (κ3) is 3.93. The molecule has 2 unspecified atom stereocenters. The smallest absolute Gasteiger partial charge is 0.329 e. The second-order valence-corrected chi connectivity index (χ2v) is 7.02. The molecule has 0 saturated carbocycles. The molecule has 0 spiro atoms. The fourth-order valence-electron chi connectivity index (χ4n) is 3.10. The maximum absolute atomic E-state index is 13.2. The molecule has 2 rings (SSSR count). The first kappa shape index (κ1) is 19.6. The predicted octanol–water partition coefficient (Wildman–Crippen LogP) is 4.36. The van der Waals surface area contributed by atoms with Crippen LogP contribution in [0.3, 0.4) is 0 Å². The summed E-state index contributed by atoms with van der Waals surface area (Å²) in [6.45, 7) is 11.1. The van der Waals surface area contributed by atoms with Crippen LogP contribution >= 0.6 is 11.6 Å². The number of halogens is 1. The monoisotopic (exact) mass is 365 g/mol. The summed E-state index contributed by atoms with van der Waals surface area (Å²) in [6.07, 6.45) is 1.74.